The highest BCUT2D eigenvalue weighted by Crippen LogP contribution is 2.36. The fourth-order valence-corrected chi connectivity index (χ4v) is 3.81. The number of carbonyl (C=O) groups is 2. The van der Waals surface area contributed by atoms with Gasteiger partial charge in [-0.3, -0.25) is 10.1 Å². The normalized spacial score (nSPS) is 22.7. The van der Waals surface area contributed by atoms with Crippen molar-refractivity contribution in [1.82, 2.24) is 10.2 Å². The van der Waals surface area contributed by atoms with Crippen molar-refractivity contribution in [1.29, 1.82) is 0 Å². The summed E-state index contributed by atoms with van der Waals surface area (Å²) < 4.78 is 0. The summed E-state index contributed by atoms with van der Waals surface area (Å²) in [7, 11) is 0. The van der Waals surface area contributed by atoms with Gasteiger partial charge in [0.25, 0.3) is 5.91 Å². The van der Waals surface area contributed by atoms with E-state index in [0.29, 0.717) is 6.54 Å². The number of nitrogens with zero attached hydrogens (tertiary/aromatic N) is 1. The van der Waals surface area contributed by atoms with Crippen LogP contribution in [0.4, 0.5) is 4.79 Å². The molecule has 1 saturated heterocycles. The molecular formula is C14H24N2O2S. The molecule has 0 aromatic carbocycles. The van der Waals surface area contributed by atoms with E-state index in [9.17, 15) is 9.59 Å². The first kappa shape index (κ1) is 14.7. The Bertz CT molecular complexity index is 338. The second-order valence-electron chi connectivity index (χ2n) is 5.41. The Morgan fingerprint density at radius 1 is 1.21 bits per heavy atom. The zero-order valence-electron chi connectivity index (χ0n) is 11.7. The van der Waals surface area contributed by atoms with E-state index in [1.54, 1.807) is 0 Å². The Labute approximate surface area is 119 Å². The maximum absolute atomic E-state index is 12.2. The Morgan fingerprint density at radius 3 is 2.53 bits per heavy atom. The minimum atomic E-state index is -0.523. The fourth-order valence-electron chi connectivity index (χ4n) is 3.19. The van der Waals surface area contributed by atoms with Gasteiger partial charge in [-0.15, -0.1) is 0 Å². The van der Waals surface area contributed by atoms with Crippen LogP contribution >= 0.6 is 11.8 Å². The maximum Gasteiger partial charge on any atom is 0.325 e. The molecule has 4 nitrogen and oxygen atoms in total. The number of imide groups is 1. The van der Waals surface area contributed by atoms with Crippen LogP contribution in [0.15, 0.2) is 0 Å². The van der Waals surface area contributed by atoms with Crippen molar-refractivity contribution in [2.24, 2.45) is 0 Å². The zero-order chi connectivity index (χ0) is 13.7. The van der Waals surface area contributed by atoms with E-state index in [-0.39, 0.29) is 11.9 Å². The molecular weight excluding hydrogens is 260 g/mol. The summed E-state index contributed by atoms with van der Waals surface area (Å²) in [6, 6.07) is -0.173. The highest BCUT2D eigenvalue weighted by molar-refractivity contribution is 7.99. The first-order valence-corrected chi connectivity index (χ1v) is 8.57. The summed E-state index contributed by atoms with van der Waals surface area (Å²) in [5.74, 6) is 2.11. The maximum atomic E-state index is 12.2. The van der Waals surface area contributed by atoms with Gasteiger partial charge in [0, 0.05) is 6.54 Å². The molecule has 2 aliphatic rings. The van der Waals surface area contributed by atoms with Crippen molar-refractivity contribution in [3.05, 3.63) is 0 Å². The molecule has 1 saturated carbocycles. The highest BCUT2D eigenvalue weighted by atomic mass is 32.2. The molecule has 2 rings (SSSR count). The lowest BCUT2D eigenvalue weighted by atomic mass is 9.88. The lowest BCUT2D eigenvalue weighted by Crippen LogP contribution is -2.49. The van der Waals surface area contributed by atoms with E-state index < -0.39 is 5.54 Å². The topological polar surface area (TPSA) is 49.4 Å². The van der Waals surface area contributed by atoms with Crippen LogP contribution in [-0.2, 0) is 4.79 Å². The molecule has 0 aromatic heterocycles. The molecule has 1 N–H and O–H groups in total. The van der Waals surface area contributed by atoms with Gasteiger partial charge in [0.15, 0.2) is 0 Å². The fraction of sp³-hybridized carbons (Fsp3) is 0.857. The van der Waals surface area contributed by atoms with Gasteiger partial charge in [-0.25, -0.2) is 4.79 Å². The third kappa shape index (κ3) is 3.07. The van der Waals surface area contributed by atoms with Crippen LogP contribution in [0.2, 0.25) is 0 Å². The van der Waals surface area contributed by atoms with Crippen LogP contribution in [0, 0.1) is 0 Å². The summed E-state index contributed by atoms with van der Waals surface area (Å²) in [5, 5.41) is 2.54. The van der Waals surface area contributed by atoms with E-state index in [1.165, 1.54) is 12.8 Å². The molecule has 5 heteroatoms. The zero-order valence-corrected chi connectivity index (χ0v) is 12.6. The van der Waals surface area contributed by atoms with Crippen molar-refractivity contribution in [3.63, 3.8) is 0 Å². The summed E-state index contributed by atoms with van der Waals surface area (Å²) in [4.78, 5) is 26.1. The van der Waals surface area contributed by atoms with Gasteiger partial charge in [-0.2, -0.15) is 11.8 Å². The summed E-state index contributed by atoms with van der Waals surface area (Å²) in [6.07, 6.45) is 7.13. The van der Waals surface area contributed by atoms with Crippen molar-refractivity contribution in [3.8, 4) is 0 Å². The molecule has 1 heterocycles. The van der Waals surface area contributed by atoms with Crippen LogP contribution in [0.25, 0.3) is 0 Å². The van der Waals surface area contributed by atoms with Crippen LogP contribution in [0.1, 0.15) is 51.9 Å². The number of nitrogens with one attached hydrogen (secondary N) is 1. The predicted octanol–water partition coefficient (Wildman–Crippen LogP) is 2.77. The molecule has 2 fully saturated rings. The van der Waals surface area contributed by atoms with Crippen molar-refractivity contribution >= 4 is 23.7 Å². The number of hydrogen-bond donors (Lipinski definition) is 1. The summed E-state index contributed by atoms with van der Waals surface area (Å²) >= 11 is 1.89. The Kier molecular flexibility index (Phi) is 5.13. The molecule has 3 amide bonds. The first-order valence-electron chi connectivity index (χ1n) is 7.41. The van der Waals surface area contributed by atoms with Crippen molar-refractivity contribution < 1.29 is 9.59 Å². The lowest BCUT2D eigenvalue weighted by Gasteiger charge is -2.34. The van der Waals surface area contributed by atoms with E-state index >= 15 is 0 Å². The summed E-state index contributed by atoms with van der Waals surface area (Å²) in [5.41, 5.74) is -0.523. The Hall–Kier alpha value is -0.710. The van der Waals surface area contributed by atoms with E-state index in [1.807, 2.05) is 16.7 Å². The van der Waals surface area contributed by atoms with Crippen LogP contribution in [0.3, 0.4) is 0 Å². The van der Waals surface area contributed by atoms with Crippen LogP contribution < -0.4 is 5.32 Å². The molecule has 0 atom stereocenters. The first-order chi connectivity index (χ1) is 9.20. The molecule has 1 aliphatic heterocycles. The molecule has 0 unspecified atom stereocenters. The largest absolute Gasteiger partial charge is 0.325 e. The lowest BCUT2D eigenvalue weighted by molar-refractivity contribution is -0.127. The molecule has 108 valence electrons. The third-order valence-corrected chi connectivity index (χ3v) is 5.20. The molecule has 0 bridgehead atoms. The average molecular weight is 284 g/mol. The van der Waals surface area contributed by atoms with E-state index in [4.69, 9.17) is 0 Å². The molecule has 0 aromatic rings. The van der Waals surface area contributed by atoms with Gasteiger partial charge in [0.2, 0.25) is 0 Å². The minimum absolute atomic E-state index is 0.0532. The van der Waals surface area contributed by atoms with Gasteiger partial charge in [-0.05, 0) is 30.8 Å². The number of hydrogen-bond acceptors (Lipinski definition) is 3. The molecule has 1 aliphatic carbocycles. The smallest absolute Gasteiger partial charge is 0.310 e. The number of rotatable bonds is 5. The van der Waals surface area contributed by atoms with Gasteiger partial charge < -0.3 is 4.90 Å². The third-order valence-electron chi connectivity index (χ3n) is 4.21. The molecule has 1 spiro atoms. The SMILES string of the molecule is CCSCCCN1C(=O)NC(=O)C12CCCCCC2. The van der Waals surface area contributed by atoms with Crippen molar-refractivity contribution in [2.45, 2.75) is 57.4 Å². The monoisotopic (exact) mass is 284 g/mol. The minimum Gasteiger partial charge on any atom is -0.310 e. The van der Waals surface area contributed by atoms with Crippen LogP contribution in [-0.4, -0.2) is 40.4 Å². The quantitative estimate of drug-likeness (QED) is 0.624. The van der Waals surface area contributed by atoms with Crippen LogP contribution in [0.5, 0.6) is 0 Å². The Balaban J connectivity index is 2.04. The second-order valence-corrected chi connectivity index (χ2v) is 6.80. The average Bonchev–Trinajstić information content (AvgIpc) is 2.60. The van der Waals surface area contributed by atoms with E-state index in [2.05, 4.69) is 12.2 Å². The number of amides is 3. The van der Waals surface area contributed by atoms with Gasteiger partial charge in [-0.1, -0.05) is 32.6 Å². The summed E-state index contributed by atoms with van der Waals surface area (Å²) in [6.45, 7) is 2.86. The molecule has 0 radical (unpaired) electrons. The van der Waals surface area contributed by atoms with Crippen molar-refractivity contribution in [2.75, 3.05) is 18.1 Å². The number of thioether (sulfide) groups is 1. The number of urea groups is 1. The molecule has 19 heavy (non-hydrogen) atoms. The second kappa shape index (κ2) is 6.64. The predicted molar refractivity (Wildman–Crippen MR) is 78.3 cm³/mol. The highest BCUT2D eigenvalue weighted by Gasteiger charge is 2.51. The standard InChI is InChI=1S/C14H24N2O2S/c1-2-19-11-7-10-16-13(18)15-12(17)14(16)8-5-3-4-6-9-14/h2-11H2,1H3,(H,15,17,18). The Morgan fingerprint density at radius 2 is 1.89 bits per heavy atom. The van der Waals surface area contributed by atoms with Gasteiger partial charge in [0.1, 0.15) is 5.54 Å². The van der Waals surface area contributed by atoms with Gasteiger partial charge in [0.05, 0.1) is 0 Å². The number of carbonyl (C=O) groups excluding carboxylic acids is 2. The van der Waals surface area contributed by atoms with E-state index in [0.717, 1.165) is 43.6 Å². The van der Waals surface area contributed by atoms with Gasteiger partial charge >= 0.3 is 6.03 Å².